The largest absolute Gasteiger partial charge is 0.361 e. The third kappa shape index (κ3) is 3.34. The highest BCUT2D eigenvalue weighted by molar-refractivity contribution is 5.22. The van der Waals surface area contributed by atoms with Crippen LogP contribution in [-0.4, -0.2) is 36.7 Å². The van der Waals surface area contributed by atoms with Crippen LogP contribution in [0, 0.1) is 17.1 Å². The average molecular weight is 277 g/mol. The highest BCUT2D eigenvalue weighted by atomic mass is 19.1. The van der Waals surface area contributed by atoms with Crippen molar-refractivity contribution in [3.05, 3.63) is 35.6 Å². The fraction of sp³-hybridized carbons (Fsp3) is 0.533. The lowest BCUT2D eigenvalue weighted by atomic mass is 9.95. The summed E-state index contributed by atoms with van der Waals surface area (Å²) < 4.78 is 18.8. The lowest BCUT2D eigenvalue weighted by molar-refractivity contribution is -0.0222. The van der Waals surface area contributed by atoms with Gasteiger partial charge in [-0.15, -0.1) is 0 Å². The molecule has 2 rings (SSSR count). The van der Waals surface area contributed by atoms with E-state index < -0.39 is 6.10 Å². The zero-order valence-corrected chi connectivity index (χ0v) is 11.6. The maximum atomic E-state index is 13.5. The van der Waals surface area contributed by atoms with Crippen molar-refractivity contribution in [2.75, 3.05) is 19.7 Å². The summed E-state index contributed by atoms with van der Waals surface area (Å²) in [5.41, 5.74) is 7.09. The van der Waals surface area contributed by atoms with Crippen molar-refractivity contribution in [3.8, 4) is 6.07 Å². The molecule has 20 heavy (non-hydrogen) atoms. The molecule has 1 aromatic carbocycles. The van der Waals surface area contributed by atoms with E-state index in [-0.39, 0.29) is 17.9 Å². The Balaban J connectivity index is 2.26. The standard InChI is InChI=1S/C15H20FN3O/c1-2-14(18)15(11-4-3-5-12(16)8-11)19-6-7-20-13(9-17)10-19/h3-5,8,13-15H,2,6-7,10,18H2,1H3. The predicted octanol–water partition coefficient (Wildman–Crippen LogP) is 1.83. The number of halogens is 1. The van der Waals surface area contributed by atoms with Crippen LogP contribution in [0.1, 0.15) is 24.9 Å². The van der Waals surface area contributed by atoms with E-state index in [1.54, 1.807) is 6.07 Å². The van der Waals surface area contributed by atoms with Gasteiger partial charge in [0.25, 0.3) is 0 Å². The minimum absolute atomic E-state index is 0.0875. The second kappa shape index (κ2) is 6.80. The molecule has 1 heterocycles. The van der Waals surface area contributed by atoms with Crippen LogP contribution in [0.3, 0.4) is 0 Å². The fourth-order valence-corrected chi connectivity index (χ4v) is 2.64. The van der Waals surface area contributed by atoms with Gasteiger partial charge < -0.3 is 10.5 Å². The van der Waals surface area contributed by atoms with Gasteiger partial charge in [-0.2, -0.15) is 5.26 Å². The SMILES string of the molecule is CCC(N)C(c1cccc(F)c1)N1CCOC(C#N)C1. The molecule has 3 unspecified atom stereocenters. The minimum Gasteiger partial charge on any atom is -0.361 e. The Morgan fingerprint density at radius 3 is 3.05 bits per heavy atom. The number of ether oxygens (including phenoxy) is 1. The Hall–Kier alpha value is -1.48. The van der Waals surface area contributed by atoms with E-state index in [1.165, 1.54) is 12.1 Å². The van der Waals surface area contributed by atoms with E-state index in [0.717, 1.165) is 12.0 Å². The summed E-state index contributed by atoms with van der Waals surface area (Å²) in [5.74, 6) is -0.263. The summed E-state index contributed by atoms with van der Waals surface area (Å²) in [6.45, 7) is 3.72. The molecule has 1 aliphatic rings. The van der Waals surface area contributed by atoms with E-state index >= 15 is 0 Å². The molecule has 0 saturated carbocycles. The van der Waals surface area contributed by atoms with Gasteiger partial charge >= 0.3 is 0 Å². The molecule has 1 saturated heterocycles. The zero-order valence-electron chi connectivity index (χ0n) is 11.6. The zero-order chi connectivity index (χ0) is 14.5. The van der Waals surface area contributed by atoms with Gasteiger partial charge in [-0.05, 0) is 24.1 Å². The maximum absolute atomic E-state index is 13.5. The number of nitriles is 1. The third-order valence-electron chi connectivity index (χ3n) is 3.70. The number of nitrogens with two attached hydrogens (primary N) is 1. The lowest BCUT2D eigenvalue weighted by Gasteiger charge is -2.39. The Morgan fingerprint density at radius 2 is 2.40 bits per heavy atom. The second-order valence-electron chi connectivity index (χ2n) is 5.06. The summed E-state index contributed by atoms with van der Waals surface area (Å²) in [4.78, 5) is 2.13. The quantitative estimate of drug-likeness (QED) is 0.912. The molecule has 0 bridgehead atoms. The molecule has 0 aliphatic carbocycles. The number of benzene rings is 1. The van der Waals surface area contributed by atoms with E-state index in [2.05, 4.69) is 11.0 Å². The van der Waals surface area contributed by atoms with Gasteiger partial charge in [0.15, 0.2) is 6.10 Å². The van der Waals surface area contributed by atoms with Crippen molar-refractivity contribution >= 4 is 0 Å². The summed E-state index contributed by atoms with van der Waals surface area (Å²) in [6, 6.07) is 8.48. The van der Waals surface area contributed by atoms with Gasteiger partial charge in [-0.3, -0.25) is 4.90 Å². The monoisotopic (exact) mass is 277 g/mol. The molecule has 4 nitrogen and oxygen atoms in total. The van der Waals surface area contributed by atoms with Crippen molar-refractivity contribution in [1.82, 2.24) is 4.90 Å². The molecule has 1 fully saturated rings. The van der Waals surface area contributed by atoms with Crippen LogP contribution in [-0.2, 0) is 4.74 Å². The van der Waals surface area contributed by atoms with E-state index in [4.69, 9.17) is 15.7 Å². The number of hydrogen-bond donors (Lipinski definition) is 1. The van der Waals surface area contributed by atoms with Crippen LogP contribution in [0.5, 0.6) is 0 Å². The van der Waals surface area contributed by atoms with E-state index in [1.807, 2.05) is 13.0 Å². The molecular weight excluding hydrogens is 257 g/mol. The van der Waals surface area contributed by atoms with Crippen LogP contribution in [0.2, 0.25) is 0 Å². The van der Waals surface area contributed by atoms with Crippen molar-refractivity contribution in [3.63, 3.8) is 0 Å². The first kappa shape index (κ1) is 14.9. The Bertz CT molecular complexity index is 488. The minimum atomic E-state index is -0.441. The van der Waals surface area contributed by atoms with Gasteiger partial charge in [0.05, 0.1) is 18.7 Å². The molecule has 1 aliphatic heterocycles. The smallest absolute Gasteiger partial charge is 0.156 e. The molecule has 5 heteroatoms. The number of hydrogen-bond acceptors (Lipinski definition) is 4. The summed E-state index contributed by atoms with van der Waals surface area (Å²) in [7, 11) is 0. The van der Waals surface area contributed by atoms with Gasteiger partial charge in [0.1, 0.15) is 5.82 Å². The molecule has 0 spiro atoms. The molecule has 1 aromatic rings. The first-order chi connectivity index (χ1) is 9.65. The first-order valence-electron chi connectivity index (χ1n) is 6.92. The normalized spacial score (nSPS) is 23.0. The number of morpholine rings is 1. The molecule has 108 valence electrons. The first-order valence-corrected chi connectivity index (χ1v) is 6.92. The highest BCUT2D eigenvalue weighted by Gasteiger charge is 2.30. The van der Waals surface area contributed by atoms with Crippen LogP contribution in [0.4, 0.5) is 4.39 Å². The molecule has 0 aromatic heterocycles. The van der Waals surface area contributed by atoms with Crippen LogP contribution < -0.4 is 5.73 Å². The van der Waals surface area contributed by atoms with Crippen LogP contribution in [0.25, 0.3) is 0 Å². The fourth-order valence-electron chi connectivity index (χ4n) is 2.64. The third-order valence-corrected chi connectivity index (χ3v) is 3.70. The van der Waals surface area contributed by atoms with E-state index in [0.29, 0.717) is 19.7 Å². The molecule has 0 amide bonds. The predicted molar refractivity (Wildman–Crippen MR) is 74.3 cm³/mol. The average Bonchev–Trinajstić information content (AvgIpc) is 2.47. The Morgan fingerprint density at radius 1 is 1.60 bits per heavy atom. The Labute approximate surface area is 118 Å². The topological polar surface area (TPSA) is 62.3 Å². The van der Waals surface area contributed by atoms with Gasteiger partial charge in [-0.25, -0.2) is 4.39 Å². The van der Waals surface area contributed by atoms with Crippen LogP contribution in [0.15, 0.2) is 24.3 Å². The van der Waals surface area contributed by atoms with Gasteiger partial charge in [-0.1, -0.05) is 19.1 Å². The molecule has 3 atom stereocenters. The van der Waals surface area contributed by atoms with Crippen molar-refractivity contribution in [1.29, 1.82) is 5.26 Å². The summed E-state index contributed by atoms with van der Waals surface area (Å²) in [6.07, 6.45) is 0.347. The Kier molecular flexibility index (Phi) is 5.07. The van der Waals surface area contributed by atoms with E-state index in [9.17, 15) is 4.39 Å². The number of rotatable bonds is 4. The summed E-state index contributed by atoms with van der Waals surface area (Å²) in [5, 5.41) is 9.01. The molecular formula is C15H20FN3O. The van der Waals surface area contributed by atoms with Gasteiger partial charge in [0, 0.05) is 19.1 Å². The highest BCUT2D eigenvalue weighted by Crippen LogP contribution is 2.27. The van der Waals surface area contributed by atoms with Crippen molar-refractivity contribution in [2.24, 2.45) is 5.73 Å². The van der Waals surface area contributed by atoms with Crippen molar-refractivity contribution in [2.45, 2.75) is 31.5 Å². The van der Waals surface area contributed by atoms with Gasteiger partial charge in [0.2, 0.25) is 0 Å². The maximum Gasteiger partial charge on any atom is 0.156 e. The summed E-state index contributed by atoms with van der Waals surface area (Å²) >= 11 is 0. The second-order valence-corrected chi connectivity index (χ2v) is 5.06. The molecule has 0 radical (unpaired) electrons. The number of nitrogens with zero attached hydrogens (tertiary/aromatic N) is 2. The molecule has 2 N–H and O–H groups in total. The lowest BCUT2D eigenvalue weighted by Crippen LogP contribution is -2.49. The van der Waals surface area contributed by atoms with Crippen molar-refractivity contribution < 1.29 is 9.13 Å². The van der Waals surface area contributed by atoms with Crippen LogP contribution >= 0.6 is 0 Å².